The third-order valence-electron chi connectivity index (χ3n) is 3.53. The van der Waals surface area contributed by atoms with E-state index in [4.69, 9.17) is 10.5 Å². The van der Waals surface area contributed by atoms with Gasteiger partial charge in [0.1, 0.15) is 0 Å². The fourth-order valence-corrected chi connectivity index (χ4v) is 2.40. The van der Waals surface area contributed by atoms with Crippen LogP contribution in [0.3, 0.4) is 0 Å². The second-order valence-electron chi connectivity index (χ2n) is 5.19. The smallest absolute Gasteiger partial charge is 0.263 e. The van der Waals surface area contributed by atoms with Gasteiger partial charge >= 0.3 is 0 Å². The van der Waals surface area contributed by atoms with Gasteiger partial charge in [0.05, 0.1) is 0 Å². The molecule has 5 heteroatoms. The highest BCUT2D eigenvalue weighted by Gasteiger charge is 2.23. The molecule has 1 aromatic carbocycles. The molecule has 0 aliphatic carbocycles. The van der Waals surface area contributed by atoms with Crippen LogP contribution >= 0.6 is 0 Å². The van der Waals surface area contributed by atoms with Crippen LogP contribution in [0.2, 0.25) is 0 Å². The summed E-state index contributed by atoms with van der Waals surface area (Å²) in [5.74, 6) is -0.557. The van der Waals surface area contributed by atoms with Gasteiger partial charge in [-0.05, 0) is 31.9 Å². The summed E-state index contributed by atoms with van der Waals surface area (Å²) in [5, 5.41) is 0. The van der Waals surface area contributed by atoms with Crippen molar-refractivity contribution in [2.75, 3.05) is 18.8 Å². The number of ether oxygens (including phenoxy) is 1. The summed E-state index contributed by atoms with van der Waals surface area (Å²) in [6.07, 6.45) is 3.67. The Kier molecular flexibility index (Phi) is 4.82. The SMILES string of the molecule is CC(Oc1ccc(N)cc1F)C(=O)N1CCCCCC1. The topological polar surface area (TPSA) is 55.6 Å². The number of nitrogen functional groups attached to an aromatic ring is 1. The van der Waals surface area contributed by atoms with Crippen molar-refractivity contribution in [1.82, 2.24) is 4.90 Å². The Labute approximate surface area is 118 Å². The molecule has 0 radical (unpaired) electrons. The largest absolute Gasteiger partial charge is 0.478 e. The summed E-state index contributed by atoms with van der Waals surface area (Å²) in [6, 6.07) is 4.21. The Bertz CT molecular complexity index is 471. The van der Waals surface area contributed by atoms with Crippen LogP contribution < -0.4 is 10.5 Å². The molecule has 0 spiro atoms. The second-order valence-corrected chi connectivity index (χ2v) is 5.19. The minimum atomic E-state index is -0.689. The maximum absolute atomic E-state index is 13.7. The number of rotatable bonds is 3. The first-order valence-electron chi connectivity index (χ1n) is 7.08. The van der Waals surface area contributed by atoms with Crippen LogP contribution in [0.4, 0.5) is 10.1 Å². The van der Waals surface area contributed by atoms with E-state index in [1.54, 1.807) is 13.0 Å². The molecule has 1 fully saturated rings. The Morgan fingerprint density at radius 3 is 2.55 bits per heavy atom. The minimum Gasteiger partial charge on any atom is -0.478 e. The minimum absolute atomic E-state index is 0.0647. The molecule has 1 amide bonds. The van der Waals surface area contributed by atoms with Gasteiger partial charge < -0.3 is 15.4 Å². The van der Waals surface area contributed by atoms with Gasteiger partial charge in [0.2, 0.25) is 0 Å². The van der Waals surface area contributed by atoms with E-state index in [1.807, 2.05) is 4.90 Å². The van der Waals surface area contributed by atoms with Gasteiger partial charge in [0, 0.05) is 24.8 Å². The summed E-state index contributed by atoms with van der Waals surface area (Å²) in [6.45, 7) is 3.18. The summed E-state index contributed by atoms with van der Waals surface area (Å²) < 4.78 is 19.1. The fraction of sp³-hybridized carbons (Fsp3) is 0.533. The monoisotopic (exact) mass is 280 g/mol. The van der Waals surface area contributed by atoms with Gasteiger partial charge in [-0.15, -0.1) is 0 Å². The van der Waals surface area contributed by atoms with Crippen molar-refractivity contribution in [1.29, 1.82) is 0 Å². The molecule has 20 heavy (non-hydrogen) atoms. The number of likely N-dealkylation sites (tertiary alicyclic amines) is 1. The van der Waals surface area contributed by atoms with Crippen molar-refractivity contribution in [3.63, 3.8) is 0 Å². The molecule has 0 saturated carbocycles. The lowest BCUT2D eigenvalue weighted by atomic mass is 10.2. The molecule has 1 aliphatic rings. The first-order chi connectivity index (χ1) is 9.58. The van der Waals surface area contributed by atoms with Crippen LogP contribution in [0.15, 0.2) is 18.2 Å². The molecule has 2 N–H and O–H groups in total. The van der Waals surface area contributed by atoms with Crippen molar-refractivity contribution in [3.05, 3.63) is 24.0 Å². The Morgan fingerprint density at radius 2 is 1.95 bits per heavy atom. The lowest BCUT2D eigenvalue weighted by molar-refractivity contribution is -0.137. The number of halogens is 1. The third kappa shape index (κ3) is 3.62. The highest BCUT2D eigenvalue weighted by molar-refractivity contribution is 5.81. The highest BCUT2D eigenvalue weighted by Crippen LogP contribution is 2.21. The third-order valence-corrected chi connectivity index (χ3v) is 3.53. The van der Waals surface area contributed by atoms with Gasteiger partial charge in [-0.3, -0.25) is 4.79 Å². The van der Waals surface area contributed by atoms with Crippen LogP contribution in [0.1, 0.15) is 32.6 Å². The average molecular weight is 280 g/mol. The second kappa shape index (κ2) is 6.59. The van der Waals surface area contributed by atoms with E-state index in [-0.39, 0.29) is 11.7 Å². The van der Waals surface area contributed by atoms with Crippen LogP contribution in [-0.4, -0.2) is 30.0 Å². The van der Waals surface area contributed by atoms with E-state index in [0.717, 1.165) is 38.8 Å². The Hall–Kier alpha value is -1.78. The predicted molar refractivity (Wildman–Crippen MR) is 76.0 cm³/mol. The molecule has 0 bridgehead atoms. The Balaban J connectivity index is 1.99. The molecule has 1 unspecified atom stereocenters. The average Bonchev–Trinajstić information content (AvgIpc) is 2.70. The molecule has 1 saturated heterocycles. The zero-order valence-electron chi connectivity index (χ0n) is 11.8. The quantitative estimate of drug-likeness (QED) is 0.866. The van der Waals surface area contributed by atoms with Crippen molar-refractivity contribution in [3.8, 4) is 5.75 Å². The van der Waals surface area contributed by atoms with E-state index < -0.39 is 11.9 Å². The van der Waals surface area contributed by atoms with Gasteiger partial charge in [0.25, 0.3) is 5.91 Å². The standard InChI is InChI=1S/C15H21FN2O2/c1-11(15(19)18-8-4-2-3-5-9-18)20-14-7-6-12(17)10-13(14)16/h6-7,10-11H,2-5,8-9,17H2,1H3. The number of amides is 1. The van der Waals surface area contributed by atoms with Crippen molar-refractivity contribution < 1.29 is 13.9 Å². The number of hydrogen-bond donors (Lipinski definition) is 1. The van der Waals surface area contributed by atoms with Crippen molar-refractivity contribution >= 4 is 11.6 Å². The van der Waals surface area contributed by atoms with Crippen LogP contribution in [0.5, 0.6) is 5.75 Å². The molecule has 110 valence electrons. The maximum Gasteiger partial charge on any atom is 0.263 e. The van der Waals surface area contributed by atoms with Crippen LogP contribution in [-0.2, 0) is 4.79 Å². The summed E-state index contributed by atoms with van der Waals surface area (Å²) in [5.41, 5.74) is 5.82. The lowest BCUT2D eigenvalue weighted by Crippen LogP contribution is -2.41. The van der Waals surface area contributed by atoms with E-state index in [0.29, 0.717) is 5.69 Å². The normalized spacial score (nSPS) is 17.4. The summed E-state index contributed by atoms with van der Waals surface area (Å²) in [4.78, 5) is 14.1. The highest BCUT2D eigenvalue weighted by atomic mass is 19.1. The number of anilines is 1. The molecule has 1 atom stereocenters. The van der Waals surface area contributed by atoms with Crippen LogP contribution in [0.25, 0.3) is 0 Å². The van der Waals surface area contributed by atoms with Crippen LogP contribution in [0, 0.1) is 5.82 Å². The van der Waals surface area contributed by atoms with Gasteiger partial charge in [0.15, 0.2) is 17.7 Å². The first-order valence-corrected chi connectivity index (χ1v) is 7.08. The molecule has 2 rings (SSSR count). The van der Waals surface area contributed by atoms with E-state index in [2.05, 4.69) is 0 Å². The number of hydrogen-bond acceptors (Lipinski definition) is 3. The zero-order valence-corrected chi connectivity index (χ0v) is 11.8. The van der Waals surface area contributed by atoms with E-state index >= 15 is 0 Å². The first kappa shape index (κ1) is 14.6. The van der Waals surface area contributed by atoms with Crippen molar-refractivity contribution in [2.45, 2.75) is 38.7 Å². The number of nitrogens with two attached hydrogens (primary N) is 1. The number of carbonyl (C=O) groups excluding carboxylic acids is 1. The molecular formula is C15H21FN2O2. The number of carbonyl (C=O) groups is 1. The van der Waals surface area contributed by atoms with Gasteiger partial charge in [-0.2, -0.15) is 0 Å². The number of nitrogens with zero attached hydrogens (tertiary/aromatic N) is 1. The van der Waals surface area contributed by atoms with Crippen molar-refractivity contribution in [2.24, 2.45) is 0 Å². The Morgan fingerprint density at radius 1 is 1.30 bits per heavy atom. The zero-order chi connectivity index (χ0) is 14.5. The molecule has 1 heterocycles. The van der Waals surface area contributed by atoms with Gasteiger partial charge in [-0.25, -0.2) is 4.39 Å². The van der Waals surface area contributed by atoms with Gasteiger partial charge in [-0.1, -0.05) is 12.8 Å². The van der Waals surface area contributed by atoms with E-state index in [9.17, 15) is 9.18 Å². The lowest BCUT2D eigenvalue weighted by Gasteiger charge is -2.24. The molecule has 1 aliphatic heterocycles. The molecule has 1 aromatic rings. The number of benzene rings is 1. The van der Waals surface area contributed by atoms with E-state index in [1.165, 1.54) is 12.1 Å². The summed E-state index contributed by atoms with van der Waals surface area (Å²) in [7, 11) is 0. The molecule has 4 nitrogen and oxygen atoms in total. The predicted octanol–water partition coefficient (Wildman–Crippen LogP) is 2.58. The molecular weight excluding hydrogens is 259 g/mol. The summed E-state index contributed by atoms with van der Waals surface area (Å²) >= 11 is 0. The maximum atomic E-state index is 13.7. The molecule has 0 aromatic heterocycles. The fourth-order valence-electron chi connectivity index (χ4n) is 2.40.